The van der Waals surface area contributed by atoms with Crippen molar-refractivity contribution in [2.24, 2.45) is 0 Å². The van der Waals surface area contributed by atoms with Crippen molar-refractivity contribution in [3.63, 3.8) is 0 Å². The second-order valence-corrected chi connectivity index (χ2v) is 4.42. The highest BCUT2D eigenvalue weighted by molar-refractivity contribution is 5.91. The Morgan fingerprint density at radius 2 is 2.00 bits per heavy atom. The van der Waals surface area contributed by atoms with Gasteiger partial charge in [-0.2, -0.15) is 0 Å². The van der Waals surface area contributed by atoms with Crippen molar-refractivity contribution in [2.75, 3.05) is 26.2 Å². The number of piperazine rings is 1. The molecule has 0 aromatic heterocycles. The van der Waals surface area contributed by atoms with Crippen LogP contribution in [0.25, 0.3) is 0 Å². The summed E-state index contributed by atoms with van der Waals surface area (Å²) in [4.78, 5) is 27.3. The number of urea groups is 1. The fourth-order valence-electron chi connectivity index (χ4n) is 1.90. The van der Waals surface area contributed by atoms with E-state index in [1.54, 1.807) is 23.6 Å². The molecule has 5 heteroatoms. The SMILES string of the molecule is CCN(CC)C(=O)N1CCNC(=O)C1(C)C. The van der Waals surface area contributed by atoms with E-state index in [1.165, 1.54) is 0 Å². The number of amides is 3. The first kappa shape index (κ1) is 12.8. The molecule has 92 valence electrons. The highest BCUT2D eigenvalue weighted by atomic mass is 16.2. The third kappa shape index (κ3) is 2.13. The van der Waals surface area contributed by atoms with Crippen molar-refractivity contribution >= 4 is 11.9 Å². The van der Waals surface area contributed by atoms with E-state index in [-0.39, 0.29) is 11.9 Å². The number of rotatable bonds is 2. The second-order valence-electron chi connectivity index (χ2n) is 4.42. The number of nitrogens with one attached hydrogen (secondary N) is 1. The van der Waals surface area contributed by atoms with Crippen LogP contribution in [-0.2, 0) is 4.79 Å². The van der Waals surface area contributed by atoms with Gasteiger partial charge in [0.1, 0.15) is 5.54 Å². The molecule has 16 heavy (non-hydrogen) atoms. The lowest BCUT2D eigenvalue weighted by atomic mass is 9.99. The second kappa shape index (κ2) is 4.72. The van der Waals surface area contributed by atoms with Crippen molar-refractivity contribution in [1.29, 1.82) is 0 Å². The summed E-state index contributed by atoms with van der Waals surface area (Å²) in [5, 5.41) is 2.78. The Kier molecular flexibility index (Phi) is 3.78. The molecule has 0 aromatic carbocycles. The molecule has 0 saturated carbocycles. The summed E-state index contributed by atoms with van der Waals surface area (Å²) in [6, 6.07) is -0.0511. The summed E-state index contributed by atoms with van der Waals surface area (Å²) in [5.41, 5.74) is -0.752. The van der Waals surface area contributed by atoms with Crippen molar-refractivity contribution in [1.82, 2.24) is 15.1 Å². The zero-order chi connectivity index (χ0) is 12.3. The molecule has 1 aliphatic rings. The van der Waals surface area contributed by atoms with Crippen LogP contribution in [0.4, 0.5) is 4.79 Å². The first-order valence-electron chi connectivity index (χ1n) is 5.80. The first-order chi connectivity index (χ1) is 7.45. The van der Waals surface area contributed by atoms with Crippen molar-refractivity contribution < 1.29 is 9.59 Å². The minimum absolute atomic E-state index is 0.0511. The molecule has 5 nitrogen and oxygen atoms in total. The van der Waals surface area contributed by atoms with E-state index in [0.717, 1.165) is 0 Å². The summed E-state index contributed by atoms with van der Waals surface area (Å²) in [7, 11) is 0. The highest BCUT2D eigenvalue weighted by Crippen LogP contribution is 2.19. The quantitative estimate of drug-likeness (QED) is 0.753. The number of hydrogen-bond donors (Lipinski definition) is 1. The normalized spacial score (nSPS) is 19.2. The summed E-state index contributed by atoms with van der Waals surface area (Å²) in [5.74, 6) is -0.0840. The van der Waals surface area contributed by atoms with Gasteiger partial charge in [-0.15, -0.1) is 0 Å². The molecule has 0 spiro atoms. The van der Waals surface area contributed by atoms with Gasteiger partial charge in [0.25, 0.3) is 0 Å². The molecule has 0 bridgehead atoms. The van der Waals surface area contributed by atoms with E-state index >= 15 is 0 Å². The lowest BCUT2D eigenvalue weighted by Crippen LogP contribution is -2.65. The van der Waals surface area contributed by atoms with E-state index in [0.29, 0.717) is 26.2 Å². The summed E-state index contributed by atoms with van der Waals surface area (Å²) in [6.07, 6.45) is 0. The molecule has 3 amide bonds. The fourth-order valence-corrected chi connectivity index (χ4v) is 1.90. The van der Waals surface area contributed by atoms with Gasteiger partial charge in [-0.1, -0.05) is 0 Å². The van der Waals surface area contributed by atoms with Gasteiger partial charge in [-0.05, 0) is 27.7 Å². The Bertz CT molecular complexity index is 285. The standard InChI is InChI=1S/C11H21N3O2/c1-5-13(6-2)10(16)14-8-7-12-9(15)11(14,3)4/h5-8H2,1-4H3,(H,12,15). The molecule has 1 rings (SSSR count). The van der Waals surface area contributed by atoms with Crippen LogP contribution >= 0.6 is 0 Å². The number of nitrogens with zero attached hydrogens (tertiary/aromatic N) is 2. The van der Waals surface area contributed by atoms with Gasteiger partial charge >= 0.3 is 6.03 Å². The number of carbonyl (C=O) groups is 2. The molecule has 1 heterocycles. The Hall–Kier alpha value is -1.26. The predicted octanol–water partition coefficient (Wildman–Crippen LogP) is 0.659. The molecule has 1 aliphatic heterocycles. The molecular formula is C11H21N3O2. The van der Waals surface area contributed by atoms with Crippen LogP contribution in [0.5, 0.6) is 0 Å². The Labute approximate surface area is 96.8 Å². The fraction of sp³-hybridized carbons (Fsp3) is 0.818. The van der Waals surface area contributed by atoms with Crippen LogP contribution in [0.3, 0.4) is 0 Å². The molecule has 0 atom stereocenters. The lowest BCUT2D eigenvalue weighted by Gasteiger charge is -2.43. The molecule has 0 aliphatic carbocycles. The number of carbonyl (C=O) groups excluding carboxylic acids is 2. The maximum absolute atomic E-state index is 12.2. The average Bonchev–Trinajstić information content (AvgIpc) is 2.23. The molecule has 1 fully saturated rings. The molecule has 1 N–H and O–H groups in total. The third-order valence-corrected chi connectivity index (χ3v) is 3.12. The van der Waals surface area contributed by atoms with E-state index in [9.17, 15) is 9.59 Å². The minimum atomic E-state index is -0.752. The molecule has 0 aromatic rings. The van der Waals surface area contributed by atoms with Gasteiger partial charge in [0.15, 0.2) is 0 Å². The zero-order valence-corrected chi connectivity index (χ0v) is 10.5. The van der Waals surface area contributed by atoms with Crippen molar-refractivity contribution in [3.8, 4) is 0 Å². The summed E-state index contributed by atoms with van der Waals surface area (Å²) in [6.45, 7) is 9.90. The van der Waals surface area contributed by atoms with Crippen LogP contribution in [0, 0.1) is 0 Å². The maximum Gasteiger partial charge on any atom is 0.320 e. The van der Waals surface area contributed by atoms with Crippen molar-refractivity contribution in [2.45, 2.75) is 33.2 Å². The van der Waals surface area contributed by atoms with Gasteiger partial charge in [-0.3, -0.25) is 4.79 Å². The van der Waals surface area contributed by atoms with Gasteiger partial charge in [0.05, 0.1) is 0 Å². The average molecular weight is 227 g/mol. The van der Waals surface area contributed by atoms with Crippen LogP contribution in [0.15, 0.2) is 0 Å². The lowest BCUT2D eigenvalue weighted by molar-refractivity contribution is -0.133. The third-order valence-electron chi connectivity index (χ3n) is 3.12. The smallest absolute Gasteiger partial charge is 0.320 e. The van der Waals surface area contributed by atoms with E-state index < -0.39 is 5.54 Å². The highest BCUT2D eigenvalue weighted by Gasteiger charge is 2.41. The van der Waals surface area contributed by atoms with E-state index in [2.05, 4.69) is 5.32 Å². The number of hydrogen-bond acceptors (Lipinski definition) is 2. The largest absolute Gasteiger partial charge is 0.352 e. The Morgan fingerprint density at radius 1 is 1.44 bits per heavy atom. The maximum atomic E-state index is 12.2. The first-order valence-corrected chi connectivity index (χ1v) is 5.80. The molecule has 0 unspecified atom stereocenters. The van der Waals surface area contributed by atoms with Crippen LogP contribution in [0.2, 0.25) is 0 Å². The van der Waals surface area contributed by atoms with Crippen molar-refractivity contribution in [3.05, 3.63) is 0 Å². The van der Waals surface area contributed by atoms with E-state index in [4.69, 9.17) is 0 Å². The molecule has 1 saturated heterocycles. The van der Waals surface area contributed by atoms with Gasteiger partial charge < -0.3 is 15.1 Å². The molecule has 0 radical (unpaired) electrons. The monoisotopic (exact) mass is 227 g/mol. The van der Waals surface area contributed by atoms with Gasteiger partial charge in [0, 0.05) is 26.2 Å². The van der Waals surface area contributed by atoms with Gasteiger partial charge in [-0.25, -0.2) is 4.79 Å². The summed E-state index contributed by atoms with van der Waals surface area (Å²) >= 11 is 0. The van der Waals surface area contributed by atoms with E-state index in [1.807, 2.05) is 13.8 Å². The zero-order valence-electron chi connectivity index (χ0n) is 10.5. The predicted molar refractivity (Wildman–Crippen MR) is 62.1 cm³/mol. The molecular weight excluding hydrogens is 206 g/mol. The van der Waals surface area contributed by atoms with Gasteiger partial charge in [0.2, 0.25) is 5.91 Å². The minimum Gasteiger partial charge on any atom is -0.352 e. The Balaban J connectivity index is 2.85. The van der Waals surface area contributed by atoms with Crippen LogP contribution in [-0.4, -0.2) is 53.5 Å². The topological polar surface area (TPSA) is 52.7 Å². The van der Waals surface area contributed by atoms with Crippen LogP contribution < -0.4 is 5.32 Å². The van der Waals surface area contributed by atoms with Crippen LogP contribution in [0.1, 0.15) is 27.7 Å². The Morgan fingerprint density at radius 3 is 2.50 bits per heavy atom. The summed E-state index contributed by atoms with van der Waals surface area (Å²) < 4.78 is 0.